The molecule has 2 nitrogen and oxygen atoms in total. The van der Waals surface area contributed by atoms with Gasteiger partial charge < -0.3 is 0 Å². The smallest absolute Gasteiger partial charge is 0.239 e. The average Bonchev–Trinajstić information content (AvgIpc) is 2.29. The normalized spacial score (nSPS) is 12.1. The van der Waals surface area contributed by atoms with E-state index in [0.717, 1.165) is 0 Å². The molecule has 12 heavy (non-hydrogen) atoms. The van der Waals surface area contributed by atoms with E-state index in [0.29, 0.717) is 10.9 Å². The summed E-state index contributed by atoms with van der Waals surface area (Å²) >= 11 is 0. The quantitative estimate of drug-likeness (QED) is 0.608. The summed E-state index contributed by atoms with van der Waals surface area (Å²) in [7, 11) is 0. The van der Waals surface area contributed by atoms with Crippen molar-refractivity contribution in [1.29, 1.82) is 0 Å². The van der Waals surface area contributed by atoms with Crippen molar-refractivity contribution in [2.24, 2.45) is 0 Å². The Hall–Kier alpha value is -1.07. The predicted octanol–water partition coefficient (Wildman–Crippen LogP) is 2.06. The van der Waals surface area contributed by atoms with Crippen molar-refractivity contribution < 1.29 is 17.6 Å². The number of halogens is 4. The standard InChI is InChI=1S/C6H6F4N2/c1-2-12-5(7)4(3-11-12)6(8,9)10/h3H,2H2,1H3. The van der Waals surface area contributed by atoms with Gasteiger partial charge in [-0.25, -0.2) is 4.68 Å². The first kappa shape index (κ1) is 9.02. The molecule has 0 fully saturated rings. The Morgan fingerprint density at radius 2 is 2.08 bits per heavy atom. The molecule has 0 aliphatic heterocycles. The molecule has 0 bridgehead atoms. The number of aryl methyl sites for hydroxylation is 1. The molecule has 0 spiro atoms. The first-order chi connectivity index (χ1) is 5.46. The molecular formula is C6H6F4N2. The van der Waals surface area contributed by atoms with Crippen LogP contribution in [0.3, 0.4) is 0 Å². The number of aromatic nitrogens is 2. The molecular weight excluding hydrogens is 176 g/mol. The highest BCUT2D eigenvalue weighted by Gasteiger charge is 2.36. The van der Waals surface area contributed by atoms with Crippen molar-refractivity contribution in [2.45, 2.75) is 19.6 Å². The van der Waals surface area contributed by atoms with Gasteiger partial charge in [-0.05, 0) is 6.92 Å². The second-order valence-corrected chi connectivity index (χ2v) is 2.16. The summed E-state index contributed by atoms with van der Waals surface area (Å²) in [5.41, 5.74) is -1.32. The van der Waals surface area contributed by atoms with Crippen molar-refractivity contribution >= 4 is 0 Å². The molecule has 0 aromatic carbocycles. The van der Waals surface area contributed by atoms with Crippen LogP contribution in [0.4, 0.5) is 17.6 Å². The highest BCUT2D eigenvalue weighted by Crippen LogP contribution is 2.30. The van der Waals surface area contributed by atoms with Crippen molar-refractivity contribution in [3.63, 3.8) is 0 Å². The minimum absolute atomic E-state index is 0.0852. The molecule has 68 valence electrons. The van der Waals surface area contributed by atoms with E-state index in [1.807, 2.05) is 0 Å². The average molecular weight is 182 g/mol. The second kappa shape index (κ2) is 2.76. The second-order valence-electron chi connectivity index (χ2n) is 2.16. The Kier molecular flexibility index (Phi) is 2.08. The summed E-state index contributed by atoms with van der Waals surface area (Å²) in [6.45, 7) is 1.60. The molecule has 1 heterocycles. The molecule has 0 atom stereocenters. The van der Waals surface area contributed by atoms with Crippen LogP contribution in [0.1, 0.15) is 12.5 Å². The van der Waals surface area contributed by atoms with Crippen LogP contribution >= 0.6 is 0 Å². The molecule has 0 unspecified atom stereocenters. The Balaban J connectivity index is 3.11. The molecule has 1 rings (SSSR count). The van der Waals surface area contributed by atoms with E-state index in [2.05, 4.69) is 5.10 Å². The zero-order chi connectivity index (χ0) is 9.35. The predicted molar refractivity (Wildman–Crippen MR) is 32.9 cm³/mol. The van der Waals surface area contributed by atoms with Crippen molar-refractivity contribution in [1.82, 2.24) is 9.78 Å². The Morgan fingerprint density at radius 3 is 2.33 bits per heavy atom. The fourth-order valence-corrected chi connectivity index (χ4v) is 0.781. The molecule has 0 amide bonds. The van der Waals surface area contributed by atoms with Crippen LogP contribution in [-0.2, 0) is 12.7 Å². The van der Waals surface area contributed by atoms with Gasteiger partial charge >= 0.3 is 6.18 Å². The maximum Gasteiger partial charge on any atom is 0.422 e. The number of alkyl halides is 3. The summed E-state index contributed by atoms with van der Waals surface area (Å²) < 4.78 is 49.1. The zero-order valence-electron chi connectivity index (χ0n) is 6.19. The molecule has 0 radical (unpaired) electrons. The van der Waals surface area contributed by atoms with Crippen molar-refractivity contribution in [3.05, 3.63) is 17.7 Å². The summed E-state index contributed by atoms with van der Waals surface area (Å²) in [6.07, 6.45) is -4.17. The molecule has 0 aliphatic carbocycles. The third kappa shape index (κ3) is 1.41. The van der Waals surface area contributed by atoms with Crippen LogP contribution in [0.5, 0.6) is 0 Å². The SMILES string of the molecule is CCn1ncc(C(F)(F)F)c1F. The summed E-state index contributed by atoms with van der Waals surface area (Å²) in [5, 5.41) is 3.22. The lowest BCUT2D eigenvalue weighted by atomic mass is 10.3. The van der Waals surface area contributed by atoms with E-state index in [9.17, 15) is 17.6 Å². The summed E-state index contributed by atoms with van der Waals surface area (Å²) in [6, 6.07) is 0. The van der Waals surface area contributed by atoms with Gasteiger partial charge in [0.15, 0.2) is 0 Å². The summed E-state index contributed by atoms with van der Waals surface area (Å²) in [4.78, 5) is 0. The van der Waals surface area contributed by atoms with Gasteiger partial charge in [0.25, 0.3) is 0 Å². The van der Waals surface area contributed by atoms with E-state index in [4.69, 9.17) is 0 Å². The Morgan fingerprint density at radius 1 is 1.50 bits per heavy atom. The monoisotopic (exact) mass is 182 g/mol. The molecule has 0 aliphatic rings. The van der Waals surface area contributed by atoms with E-state index in [-0.39, 0.29) is 6.54 Å². The van der Waals surface area contributed by atoms with Gasteiger partial charge in [0.05, 0.1) is 6.20 Å². The first-order valence-corrected chi connectivity index (χ1v) is 3.25. The highest BCUT2D eigenvalue weighted by molar-refractivity contribution is 5.10. The minimum Gasteiger partial charge on any atom is -0.239 e. The molecule has 1 aromatic rings. The molecule has 0 saturated heterocycles. The van der Waals surface area contributed by atoms with Crippen LogP contribution in [0, 0.1) is 5.95 Å². The van der Waals surface area contributed by atoms with Gasteiger partial charge in [-0.3, -0.25) is 0 Å². The van der Waals surface area contributed by atoms with Gasteiger partial charge in [-0.1, -0.05) is 0 Å². The van der Waals surface area contributed by atoms with E-state index >= 15 is 0 Å². The fourth-order valence-electron chi connectivity index (χ4n) is 0.781. The Bertz CT molecular complexity index is 276. The third-order valence-corrected chi connectivity index (χ3v) is 1.38. The van der Waals surface area contributed by atoms with Gasteiger partial charge in [0.1, 0.15) is 5.56 Å². The van der Waals surface area contributed by atoms with E-state index in [1.165, 1.54) is 6.92 Å². The van der Waals surface area contributed by atoms with Gasteiger partial charge in [0.2, 0.25) is 5.95 Å². The lowest BCUT2D eigenvalue weighted by Crippen LogP contribution is -2.08. The highest BCUT2D eigenvalue weighted by atomic mass is 19.4. The first-order valence-electron chi connectivity index (χ1n) is 3.25. The van der Waals surface area contributed by atoms with Crippen LogP contribution in [0.15, 0.2) is 6.20 Å². The van der Waals surface area contributed by atoms with Crippen LogP contribution < -0.4 is 0 Å². The number of rotatable bonds is 1. The van der Waals surface area contributed by atoms with Gasteiger partial charge in [0, 0.05) is 6.54 Å². The van der Waals surface area contributed by atoms with Crippen molar-refractivity contribution in [2.75, 3.05) is 0 Å². The molecule has 0 saturated carbocycles. The zero-order valence-corrected chi connectivity index (χ0v) is 6.19. The van der Waals surface area contributed by atoms with E-state index < -0.39 is 17.7 Å². The summed E-state index contributed by atoms with van der Waals surface area (Å²) in [5.74, 6) is -1.33. The number of hydrogen-bond acceptors (Lipinski definition) is 1. The van der Waals surface area contributed by atoms with Crippen LogP contribution in [-0.4, -0.2) is 9.78 Å². The third-order valence-electron chi connectivity index (χ3n) is 1.38. The van der Waals surface area contributed by atoms with E-state index in [1.54, 1.807) is 0 Å². The number of hydrogen-bond donors (Lipinski definition) is 0. The van der Waals surface area contributed by atoms with Crippen LogP contribution in [0.2, 0.25) is 0 Å². The molecule has 0 N–H and O–H groups in total. The number of nitrogens with zero attached hydrogens (tertiary/aromatic N) is 2. The Labute approximate surface area is 65.8 Å². The maximum absolute atomic E-state index is 12.7. The lowest BCUT2D eigenvalue weighted by molar-refractivity contribution is -0.140. The topological polar surface area (TPSA) is 17.8 Å². The lowest BCUT2D eigenvalue weighted by Gasteiger charge is -2.02. The molecule has 6 heteroatoms. The minimum atomic E-state index is -4.66. The van der Waals surface area contributed by atoms with Crippen LogP contribution in [0.25, 0.3) is 0 Å². The largest absolute Gasteiger partial charge is 0.422 e. The van der Waals surface area contributed by atoms with Gasteiger partial charge in [-0.2, -0.15) is 22.7 Å². The van der Waals surface area contributed by atoms with Crippen molar-refractivity contribution in [3.8, 4) is 0 Å². The maximum atomic E-state index is 12.7. The van der Waals surface area contributed by atoms with Gasteiger partial charge in [-0.15, -0.1) is 0 Å². The molecule has 1 aromatic heterocycles. The fraction of sp³-hybridized carbons (Fsp3) is 0.500.